The van der Waals surface area contributed by atoms with Gasteiger partial charge in [-0.1, -0.05) is 32.9 Å². The summed E-state index contributed by atoms with van der Waals surface area (Å²) in [6.45, 7) is 7.18. The van der Waals surface area contributed by atoms with Gasteiger partial charge < -0.3 is 10.1 Å². The molecule has 8 nitrogen and oxygen atoms in total. The van der Waals surface area contributed by atoms with Crippen LogP contribution in [-0.2, 0) is 23.9 Å². The molecule has 3 rings (SSSR count). The van der Waals surface area contributed by atoms with Crippen LogP contribution in [0.4, 0.5) is 5.69 Å². The average Bonchev–Trinajstić information content (AvgIpc) is 3.07. The molecule has 1 fully saturated rings. The highest BCUT2D eigenvalue weighted by Crippen LogP contribution is 2.37. The molecular formula is C27H34N2O6. The molecule has 1 N–H and O–H groups in total. The molecule has 4 unspecified atom stereocenters. The van der Waals surface area contributed by atoms with Gasteiger partial charge in [0.25, 0.3) is 0 Å². The first-order chi connectivity index (χ1) is 16.6. The maximum atomic E-state index is 13.2. The van der Waals surface area contributed by atoms with Crippen LogP contribution in [0.2, 0.25) is 0 Å². The summed E-state index contributed by atoms with van der Waals surface area (Å²) < 4.78 is 5.50. The van der Waals surface area contributed by atoms with E-state index in [1.54, 1.807) is 24.3 Å². The van der Waals surface area contributed by atoms with E-state index < -0.39 is 35.7 Å². The normalized spacial score (nSPS) is 21.0. The summed E-state index contributed by atoms with van der Waals surface area (Å²) in [5, 5.41) is 2.75. The number of carbonyl (C=O) groups is 5. The van der Waals surface area contributed by atoms with E-state index in [9.17, 15) is 24.0 Å². The Morgan fingerprint density at radius 3 is 2.09 bits per heavy atom. The number of ether oxygens (including phenoxy) is 1. The molecule has 1 saturated heterocycles. The summed E-state index contributed by atoms with van der Waals surface area (Å²) in [5.41, 5.74) is 0.897. The lowest BCUT2D eigenvalue weighted by molar-refractivity contribution is -0.161. The first-order valence-electron chi connectivity index (χ1n) is 12.3. The number of nitrogens with one attached hydrogen (secondary N) is 1. The van der Waals surface area contributed by atoms with E-state index in [2.05, 4.69) is 5.32 Å². The summed E-state index contributed by atoms with van der Waals surface area (Å²) in [7, 11) is 0. The van der Waals surface area contributed by atoms with E-state index in [-0.39, 0.29) is 30.1 Å². The molecule has 0 aromatic heterocycles. The number of Topliss-reactive ketones (excluding diaryl/α,β-unsaturated/α-hetero) is 1. The Kier molecular flexibility index (Phi) is 8.59. The fraction of sp³-hybridized carbons (Fsp3) is 0.519. The van der Waals surface area contributed by atoms with Crippen LogP contribution in [0.3, 0.4) is 0 Å². The highest BCUT2D eigenvalue weighted by Gasteiger charge is 2.51. The van der Waals surface area contributed by atoms with Crippen LogP contribution >= 0.6 is 0 Å². The Morgan fingerprint density at radius 2 is 1.57 bits per heavy atom. The fourth-order valence-electron chi connectivity index (χ4n) is 4.60. The second-order valence-corrected chi connectivity index (χ2v) is 9.67. The van der Waals surface area contributed by atoms with Crippen LogP contribution in [0, 0.1) is 17.8 Å². The summed E-state index contributed by atoms with van der Waals surface area (Å²) >= 11 is 0. The van der Waals surface area contributed by atoms with Gasteiger partial charge in [0.1, 0.15) is 6.04 Å². The van der Waals surface area contributed by atoms with Gasteiger partial charge in [-0.2, -0.15) is 0 Å². The molecule has 2 aliphatic rings. The van der Waals surface area contributed by atoms with E-state index in [0.29, 0.717) is 30.5 Å². The minimum absolute atomic E-state index is 0.0235. The molecule has 1 heterocycles. The fourth-order valence-corrected chi connectivity index (χ4v) is 4.60. The zero-order chi connectivity index (χ0) is 25.7. The summed E-state index contributed by atoms with van der Waals surface area (Å²) in [6, 6.07) is 5.30. The van der Waals surface area contributed by atoms with E-state index in [0.717, 1.165) is 11.3 Å². The molecule has 8 heteroatoms. The molecule has 188 valence electrons. The highest BCUT2D eigenvalue weighted by molar-refractivity contribution is 6.08. The number of hydrogen-bond acceptors (Lipinski definition) is 6. The van der Waals surface area contributed by atoms with E-state index in [1.807, 2.05) is 32.9 Å². The molecule has 3 amide bonds. The number of esters is 1. The van der Waals surface area contributed by atoms with Crippen molar-refractivity contribution in [2.24, 2.45) is 17.8 Å². The van der Waals surface area contributed by atoms with Crippen molar-refractivity contribution in [3.05, 3.63) is 42.0 Å². The second kappa shape index (κ2) is 11.4. The van der Waals surface area contributed by atoms with Crippen molar-refractivity contribution in [3.8, 4) is 0 Å². The van der Waals surface area contributed by atoms with Gasteiger partial charge in [-0.25, -0.2) is 4.79 Å². The Hall–Kier alpha value is -3.29. The number of amides is 3. The van der Waals surface area contributed by atoms with Crippen molar-refractivity contribution < 1.29 is 28.7 Å². The number of benzene rings is 1. The van der Waals surface area contributed by atoms with Crippen molar-refractivity contribution in [2.45, 2.75) is 71.9 Å². The molecule has 0 saturated carbocycles. The summed E-state index contributed by atoms with van der Waals surface area (Å²) in [5.74, 6) is -2.81. The number of anilines is 1. The van der Waals surface area contributed by atoms with Crippen LogP contribution in [0.25, 0.3) is 0 Å². The summed E-state index contributed by atoms with van der Waals surface area (Å²) in [6.07, 6.45) is 5.06. The molecule has 0 spiro atoms. The maximum Gasteiger partial charge on any atom is 0.330 e. The number of imide groups is 1. The molecule has 1 aliphatic carbocycles. The lowest BCUT2D eigenvalue weighted by atomic mass is 9.85. The topological polar surface area (TPSA) is 110 Å². The smallest absolute Gasteiger partial charge is 0.330 e. The van der Waals surface area contributed by atoms with Crippen molar-refractivity contribution in [1.29, 1.82) is 0 Å². The largest absolute Gasteiger partial charge is 0.453 e. The third-order valence-electron chi connectivity index (χ3n) is 6.41. The standard InChI is InChI=1S/C27H34N2O6/c1-5-8-23(30)28-19-13-11-18(12-14-19)24(31)17(4)35-27(34)22(15-16(2)3)29-25(32)20-9-6-7-10-21(20)26(29)33/h6-7,11-14,16-17,20-22H,5,8-10,15H2,1-4H3,(H,28,30). The molecule has 0 radical (unpaired) electrons. The van der Waals surface area contributed by atoms with Crippen molar-refractivity contribution in [2.75, 3.05) is 5.32 Å². The molecule has 4 atom stereocenters. The molecule has 1 aromatic carbocycles. The minimum atomic E-state index is -1.10. The number of hydrogen-bond donors (Lipinski definition) is 1. The number of ketones is 1. The van der Waals surface area contributed by atoms with Crippen LogP contribution in [0.5, 0.6) is 0 Å². The molecule has 35 heavy (non-hydrogen) atoms. The number of allylic oxidation sites excluding steroid dienone is 2. The zero-order valence-corrected chi connectivity index (χ0v) is 20.8. The number of carbonyl (C=O) groups excluding carboxylic acids is 5. The van der Waals surface area contributed by atoms with Gasteiger partial charge in [-0.3, -0.25) is 24.1 Å². The first kappa shape index (κ1) is 26.3. The van der Waals surface area contributed by atoms with E-state index in [4.69, 9.17) is 4.74 Å². The molecule has 0 bridgehead atoms. The maximum absolute atomic E-state index is 13.2. The van der Waals surface area contributed by atoms with Crippen molar-refractivity contribution >= 4 is 35.2 Å². The third kappa shape index (κ3) is 6.05. The number of fused-ring (bicyclic) bond motifs is 1. The van der Waals surface area contributed by atoms with Crippen LogP contribution in [-0.4, -0.2) is 46.5 Å². The van der Waals surface area contributed by atoms with Gasteiger partial charge in [0, 0.05) is 17.7 Å². The first-order valence-corrected chi connectivity index (χ1v) is 12.3. The average molecular weight is 483 g/mol. The Morgan fingerprint density at radius 1 is 1.00 bits per heavy atom. The lowest BCUT2D eigenvalue weighted by Crippen LogP contribution is -2.48. The molecule has 1 aliphatic heterocycles. The second-order valence-electron chi connectivity index (χ2n) is 9.67. The van der Waals surface area contributed by atoms with Crippen LogP contribution in [0.1, 0.15) is 70.2 Å². The quantitative estimate of drug-likeness (QED) is 0.234. The predicted octanol–water partition coefficient (Wildman–Crippen LogP) is 3.91. The number of rotatable bonds is 10. The SMILES string of the molecule is CCCC(=O)Nc1ccc(C(=O)C(C)OC(=O)C(CC(C)C)N2C(=O)C3CC=CCC3C2=O)cc1. The van der Waals surface area contributed by atoms with Gasteiger partial charge in [-0.05, 0) is 62.8 Å². The van der Waals surface area contributed by atoms with Crippen molar-refractivity contribution in [1.82, 2.24) is 4.90 Å². The Bertz CT molecular complexity index is 987. The summed E-state index contributed by atoms with van der Waals surface area (Å²) in [4.78, 5) is 65.0. The van der Waals surface area contributed by atoms with E-state index in [1.165, 1.54) is 6.92 Å². The molecule has 1 aromatic rings. The van der Waals surface area contributed by atoms with E-state index >= 15 is 0 Å². The van der Waals surface area contributed by atoms with Crippen LogP contribution < -0.4 is 5.32 Å². The van der Waals surface area contributed by atoms with Gasteiger partial charge in [-0.15, -0.1) is 0 Å². The van der Waals surface area contributed by atoms with Crippen LogP contribution in [0.15, 0.2) is 36.4 Å². The monoisotopic (exact) mass is 482 g/mol. The van der Waals surface area contributed by atoms with Crippen molar-refractivity contribution in [3.63, 3.8) is 0 Å². The zero-order valence-electron chi connectivity index (χ0n) is 20.8. The number of likely N-dealkylation sites (tertiary alicyclic amines) is 1. The Labute approximate surface area is 206 Å². The lowest BCUT2D eigenvalue weighted by Gasteiger charge is -2.27. The molecular weight excluding hydrogens is 448 g/mol. The van der Waals surface area contributed by atoms with Gasteiger partial charge in [0.05, 0.1) is 11.8 Å². The predicted molar refractivity (Wildman–Crippen MR) is 130 cm³/mol. The van der Waals surface area contributed by atoms with Gasteiger partial charge in [0.2, 0.25) is 23.5 Å². The minimum Gasteiger partial charge on any atom is -0.453 e. The highest BCUT2D eigenvalue weighted by atomic mass is 16.5. The van der Waals surface area contributed by atoms with Gasteiger partial charge >= 0.3 is 5.97 Å². The third-order valence-corrected chi connectivity index (χ3v) is 6.41. The van der Waals surface area contributed by atoms with Gasteiger partial charge in [0.15, 0.2) is 6.10 Å². The number of nitrogens with zero attached hydrogens (tertiary/aromatic N) is 1. The Balaban J connectivity index is 1.69.